The molecule has 0 saturated heterocycles. The predicted octanol–water partition coefficient (Wildman–Crippen LogP) is 5.57. The van der Waals surface area contributed by atoms with Gasteiger partial charge in [-0.05, 0) is 44.9 Å². The van der Waals surface area contributed by atoms with Crippen molar-refractivity contribution in [3.05, 3.63) is 0 Å². The molecule has 0 spiro atoms. The van der Waals surface area contributed by atoms with Crippen LogP contribution in [-0.4, -0.2) is 48.3 Å². The molecule has 0 unspecified atom stereocenters. The molecule has 0 atom stereocenters. The minimum Gasteiger partial charge on any atom is -0.213 e. The van der Waals surface area contributed by atoms with Gasteiger partial charge in [-0.2, -0.15) is 15.8 Å². The van der Waals surface area contributed by atoms with Crippen molar-refractivity contribution in [3.63, 3.8) is 0 Å². The Hall–Kier alpha value is -1.80. The summed E-state index contributed by atoms with van der Waals surface area (Å²) in [5, 5.41) is 25.9. The Bertz CT molecular complexity index is 1090. The zero-order valence-electron chi connectivity index (χ0n) is 27.2. The van der Waals surface area contributed by atoms with Crippen LogP contribution in [0.3, 0.4) is 0 Å². The highest BCUT2D eigenvalue weighted by Gasteiger charge is 2.64. The van der Waals surface area contributed by atoms with E-state index in [0.717, 1.165) is 77.0 Å². The second-order valence-electron chi connectivity index (χ2n) is 11.3. The van der Waals surface area contributed by atoms with Crippen LogP contribution in [0.2, 0.25) is 0 Å². The fourth-order valence-electron chi connectivity index (χ4n) is 5.06. The summed E-state index contributed by atoms with van der Waals surface area (Å²) in [7, 11) is -14.7. The van der Waals surface area contributed by atoms with Gasteiger partial charge >= 0.3 is 3.41 Å². The molecule has 12 nitrogen and oxygen atoms in total. The molecule has 0 aromatic heterocycles. The van der Waals surface area contributed by atoms with Gasteiger partial charge in [0.05, 0.1) is 18.2 Å². The first-order valence-electron chi connectivity index (χ1n) is 16.6. The second kappa shape index (κ2) is 25.3. The molecule has 0 aromatic carbocycles. The van der Waals surface area contributed by atoms with Gasteiger partial charge in [-0.25, -0.2) is 39.4 Å². The maximum absolute atomic E-state index is 13.7. The molecule has 0 bridgehead atoms. The Morgan fingerprint density at radius 1 is 0.422 bits per heavy atom. The monoisotopic (exact) mass is 692 g/mol. The lowest BCUT2D eigenvalue weighted by molar-refractivity contribution is 0.519. The third-order valence-corrected chi connectivity index (χ3v) is 16.7. The zero-order chi connectivity index (χ0) is 33.9. The van der Waals surface area contributed by atoms with Crippen LogP contribution in [-0.2, 0) is 30.1 Å². The van der Waals surface area contributed by atoms with E-state index in [1.165, 1.54) is 6.92 Å². The highest BCUT2D eigenvalue weighted by molar-refractivity contribution is 8.24. The minimum absolute atomic E-state index is 0.0923. The molecule has 15 heteroatoms. The molecule has 0 aliphatic carbocycles. The van der Waals surface area contributed by atoms with E-state index in [0.29, 0.717) is 57.8 Å². The van der Waals surface area contributed by atoms with Crippen molar-refractivity contribution in [3.8, 4) is 18.2 Å². The molecule has 45 heavy (non-hydrogen) atoms. The normalized spacial score (nSPS) is 12.4. The van der Waals surface area contributed by atoms with Gasteiger partial charge in [-0.1, -0.05) is 84.0 Å². The van der Waals surface area contributed by atoms with E-state index < -0.39 is 39.9 Å². The lowest BCUT2D eigenvalue weighted by Crippen LogP contribution is -2.63. The number of unbranched alkanes of at least 4 members (excludes halogenated alkanes) is 18. The Kier molecular flexibility index (Phi) is 24.3. The summed E-state index contributed by atoms with van der Waals surface area (Å²) in [6.07, 6.45) is 14.3. The smallest absolute Gasteiger partial charge is 0.213 e. The van der Waals surface area contributed by atoms with Crippen molar-refractivity contribution in [2.24, 2.45) is 0 Å². The van der Waals surface area contributed by atoms with Crippen molar-refractivity contribution >= 4 is 30.1 Å². The first-order chi connectivity index (χ1) is 21.5. The molecular weight excluding hydrogens is 637 g/mol. The van der Waals surface area contributed by atoms with E-state index in [4.69, 9.17) is 15.8 Å². The average Bonchev–Trinajstić information content (AvgIpc) is 2.98. The average molecular weight is 693 g/mol. The SMILES string of the molecule is CCC(S(=O)(=O)NCCCCCCCCC#N)(S(=O)(=O)NCCCCCCCCC#N)S(=O)(=O)NCCCCCCCCC#N. The Morgan fingerprint density at radius 2 is 0.644 bits per heavy atom. The first-order valence-corrected chi connectivity index (χ1v) is 21.0. The summed E-state index contributed by atoms with van der Waals surface area (Å²) < 4.78 is 85.8. The number of rotatable bonds is 31. The third-order valence-electron chi connectivity index (χ3n) is 7.68. The van der Waals surface area contributed by atoms with Gasteiger partial charge in [0.2, 0.25) is 30.1 Å². The Morgan fingerprint density at radius 3 is 0.867 bits per heavy atom. The van der Waals surface area contributed by atoms with Crippen LogP contribution >= 0.6 is 0 Å². The van der Waals surface area contributed by atoms with Gasteiger partial charge in [0, 0.05) is 38.9 Å². The summed E-state index contributed by atoms with van der Waals surface area (Å²) in [6.45, 7) is 0.974. The molecule has 0 radical (unpaired) electrons. The van der Waals surface area contributed by atoms with Crippen molar-refractivity contribution in [2.75, 3.05) is 19.6 Å². The van der Waals surface area contributed by atoms with Crippen molar-refractivity contribution < 1.29 is 25.3 Å². The molecule has 0 aliphatic rings. The number of nitriles is 3. The highest BCUT2D eigenvalue weighted by Crippen LogP contribution is 2.33. The number of nitrogens with one attached hydrogen (secondary N) is 3. The summed E-state index contributed by atoms with van der Waals surface area (Å²) in [5.41, 5.74) is 0. The number of nitrogens with zero attached hydrogens (tertiary/aromatic N) is 3. The molecule has 0 amide bonds. The van der Waals surface area contributed by atoms with E-state index >= 15 is 0 Å². The molecule has 0 fully saturated rings. The summed E-state index contributed by atoms with van der Waals surface area (Å²) >= 11 is 0. The number of hydrogen-bond acceptors (Lipinski definition) is 9. The standard InChI is InChI=1S/C30H56N6O6S3/c1-2-30(43(37,38)34-27-21-15-9-3-6-12-18-24-31,44(39,40)35-28-22-16-10-4-7-13-19-25-32)45(41,42)36-29-23-17-11-5-8-14-20-26-33/h34-36H,2-23,27-29H2,1H3. The van der Waals surface area contributed by atoms with Crippen molar-refractivity contribution in [1.29, 1.82) is 15.8 Å². The van der Waals surface area contributed by atoms with E-state index in [-0.39, 0.29) is 19.6 Å². The first kappa shape index (κ1) is 43.2. The van der Waals surface area contributed by atoms with Crippen LogP contribution in [0.4, 0.5) is 0 Å². The maximum Gasteiger partial charge on any atom is 0.312 e. The van der Waals surface area contributed by atoms with E-state index in [1.807, 2.05) is 0 Å². The van der Waals surface area contributed by atoms with Crippen molar-refractivity contribution in [2.45, 2.75) is 152 Å². The van der Waals surface area contributed by atoms with Gasteiger partial charge in [0.15, 0.2) is 0 Å². The van der Waals surface area contributed by atoms with E-state index in [9.17, 15) is 25.3 Å². The Labute approximate surface area is 273 Å². The van der Waals surface area contributed by atoms with Crippen LogP contribution in [0.25, 0.3) is 0 Å². The van der Waals surface area contributed by atoms with Crippen molar-refractivity contribution in [1.82, 2.24) is 14.2 Å². The Balaban J connectivity index is 5.47. The van der Waals surface area contributed by atoms with Gasteiger partial charge in [0.25, 0.3) is 0 Å². The predicted molar refractivity (Wildman–Crippen MR) is 178 cm³/mol. The molecule has 0 saturated carbocycles. The van der Waals surface area contributed by atoms with Crippen LogP contribution in [0, 0.1) is 34.0 Å². The van der Waals surface area contributed by atoms with Crippen LogP contribution < -0.4 is 14.2 Å². The van der Waals surface area contributed by atoms with E-state index in [2.05, 4.69) is 32.4 Å². The zero-order valence-corrected chi connectivity index (χ0v) is 29.6. The molecule has 0 aromatic rings. The summed E-state index contributed by atoms with van der Waals surface area (Å²) in [5.74, 6) is 0. The van der Waals surface area contributed by atoms with E-state index in [1.54, 1.807) is 0 Å². The molecule has 0 rings (SSSR count). The van der Waals surface area contributed by atoms with Crippen LogP contribution in [0.15, 0.2) is 0 Å². The van der Waals surface area contributed by atoms with Gasteiger partial charge in [-0.3, -0.25) is 0 Å². The fourth-order valence-corrected chi connectivity index (χ4v) is 12.6. The lowest BCUT2D eigenvalue weighted by Gasteiger charge is -2.31. The van der Waals surface area contributed by atoms with Crippen LogP contribution in [0.1, 0.15) is 148 Å². The highest BCUT2D eigenvalue weighted by atomic mass is 32.3. The van der Waals surface area contributed by atoms with Gasteiger partial charge in [-0.15, -0.1) is 0 Å². The number of hydrogen-bond donors (Lipinski definition) is 3. The molecule has 260 valence electrons. The molecule has 3 N–H and O–H groups in total. The summed E-state index contributed by atoms with van der Waals surface area (Å²) in [6, 6.07) is 6.29. The molecule has 0 heterocycles. The second-order valence-corrected chi connectivity index (χ2v) is 18.1. The number of sulfonamides is 3. The maximum atomic E-state index is 13.7. The topological polar surface area (TPSA) is 210 Å². The fraction of sp³-hybridized carbons (Fsp3) is 0.900. The molecule has 0 aliphatic heterocycles. The largest absolute Gasteiger partial charge is 0.312 e. The lowest BCUT2D eigenvalue weighted by atomic mass is 10.1. The quantitative estimate of drug-likeness (QED) is 0.0774. The van der Waals surface area contributed by atoms with Crippen LogP contribution in [0.5, 0.6) is 0 Å². The van der Waals surface area contributed by atoms with Gasteiger partial charge < -0.3 is 0 Å². The molecular formula is C30H56N6O6S3. The summed E-state index contributed by atoms with van der Waals surface area (Å²) in [4.78, 5) is 0. The van der Waals surface area contributed by atoms with Gasteiger partial charge in [0.1, 0.15) is 0 Å². The third kappa shape index (κ3) is 16.5. The minimum atomic E-state index is -4.91.